The Morgan fingerprint density at radius 3 is 2.39 bits per heavy atom. The van der Waals surface area contributed by atoms with E-state index >= 15 is 0 Å². The lowest BCUT2D eigenvalue weighted by molar-refractivity contribution is -0.137. The zero-order chi connectivity index (χ0) is 32.1. The van der Waals surface area contributed by atoms with Crippen molar-refractivity contribution >= 4 is 34.4 Å². The zero-order valence-corrected chi connectivity index (χ0v) is 24.5. The molecule has 1 heterocycles. The van der Waals surface area contributed by atoms with Gasteiger partial charge in [0.25, 0.3) is 5.91 Å². The Hall–Kier alpha value is -4.75. The molecule has 0 bridgehead atoms. The fourth-order valence-electron chi connectivity index (χ4n) is 4.28. The Morgan fingerprint density at radius 2 is 1.68 bits per heavy atom. The first kappa shape index (κ1) is 32.2. The molecule has 0 aliphatic rings. The normalized spacial score (nSPS) is 11.6. The zero-order valence-electron chi connectivity index (χ0n) is 23.7. The molecule has 9 nitrogen and oxygen atoms in total. The van der Waals surface area contributed by atoms with Gasteiger partial charge in [-0.25, -0.2) is 9.78 Å². The molecule has 4 rings (SSSR count). The summed E-state index contributed by atoms with van der Waals surface area (Å²) in [6.45, 7) is 2.81. The molecule has 0 aliphatic carbocycles. The minimum atomic E-state index is -4.57. The number of thiazole rings is 1. The lowest BCUT2D eigenvalue weighted by Crippen LogP contribution is -2.33. The van der Waals surface area contributed by atoms with E-state index in [0.29, 0.717) is 27.9 Å². The maximum absolute atomic E-state index is 13.4. The number of hydrogen-bond acceptors (Lipinski definition) is 7. The molecule has 1 aromatic heterocycles. The van der Waals surface area contributed by atoms with Gasteiger partial charge >= 0.3 is 12.3 Å². The average Bonchev–Trinajstić information content (AvgIpc) is 3.46. The fourth-order valence-corrected chi connectivity index (χ4v) is 5.01. The van der Waals surface area contributed by atoms with Gasteiger partial charge in [0.1, 0.15) is 6.61 Å². The van der Waals surface area contributed by atoms with E-state index in [1.807, 2.05) is 13.8 Å². The molecule has 0 spiro atoms. The monoisotopic (exact) mass is 626 g/mol. The summed E-state index contributed by atoms with van der Waals surface area (Å²) in [5.74, 6) is -0.996. The summed E-state index contributed by atoms with van der Waals surface area (Å²) in [5.41, 5.74) is 6.66. The van der Waals surface area contributed by atoms with Gasteiger partial charge in [-0.1, -0.05) is 44.2 Å². The number of primary amides is 1. The highest BCUT2D eigenvalue weighted by Gasteiger charge is 2.31. The molecule has 0 saturated heterocycles. The second-order valence-corrected chi connectivity index (χ2v) is 11.4. The molecule has 230 valence electrons. The van der Waals surface area contributed by atoms with Crippen molar-refractivity contribution in [3.63, 3.8) is 0 Å². The van der Waals surface area contributed by atoms with Crippen LogP contribution in [0.5, 0.6) is 0 Å². The predicted molar refractivity (Wildman–Crippen MR) is 160 cm³/mol. The number of rotatable bonds is 10. The van der Waals surface area contributed by atoms with E-state index < -0.39 is 41.7 Å². The second kappa shape index (κ2) is 13.3. The number of alkyl halides is 3. The number of nitrogens with two attached hydrogens (primary N) is 1. The first-order valence-electron chi connectivity index (χ1n) is 13.2. The number of aliphatic hydroxyl groups is 1. The first-order valence-corrected chi connectivity index (χ1v) is 14.1. The highest BCUT2D eigenvalue weighted by molar-refractivity contribution is 7.14. The Balaban J connectivity index is 1.40. The Bertz CT molecular complexity index is 1690. The van der Waals surface area contributed by atoms with Gasteiger partial charge in [0, 0.05) is 21.9 Å². The topological polar surface area (TPSA) is 144 Å². The van der Waals surface area contributed by atoms with Crippen LogP contribution >= 0.6 is 11.3 Å². The van der Waals surface area contributed by atoms with Crippen LogP contribution < -0.4 is 16.4 Å². The molecule has 0 aliphatic heterocycles. The van der Waals surface area contributed by atoms with E-state index in [-0.39, 0.29) is 23.8 Å². The standard InChI is InChI=1S/C31H29F3N4O5S/c1-30(2,17-43-28(35)42)23-8-4-7-21(12-23)27(41)36-14-26(40)38-29-37-25(16-44-29)20-6-3-5-19(11-20)22-9-18(15-39)10-24(13-22)31(32,33)34/h3-13,16,39H,14-15,17H2,1-2H3,(H2,35,42)(H,36,41)(H,37,38,40). The minimum Gasteiger partial charge on any atom is -0.449 e. The number of aromatic nitrogens is 1. The van der Waals surface area contributed by atoms with Crippen LogP contribution in [0.4, 0.5) is 23.1 Å². The third-order valence-corrected chi connectivity index (χ3v) is 7.39. The summed E-state index contributed by atoms with van der Waals surface area (Å²) in [7, 11) is 0. The summed E-state index contributed by atoms with van der Waals surface area (Å²) < 4.78 is 45.0. The van der Waals surface area contributed by atoms with Gasteiger partial charge in [0.05, 0.1) is 24.4 Å². The van der Waals surface area contributed by atoms with E-state index in [1.165, 1.54) is 6.07 Å². The van der Waals surface area contributed by atoms with Crippen molar-refractivity contribution in [1.29, 1.82) is 0 Å². The molecule has 0 fully saturated rings. The summed E-state index contributed by atoms with van der Waals surface area (Å²) in [6, 6.07) is 16.9. The van der Waals surface area contributed by atoms with Gasteiger partial charge in [-0.3, -0.25) is 9.59 Å². The van der Waals surface area contributed by atoms with Crippen LogP contribution in [0.15, 0.2) is 72.1 Å². The largest absolute Gasteiger partial charge is 0.449 e. The number of hydrogen-bond donors (Lipinski definition) is 4. The molecule has 44 heavy (non-hydrogen) atoms. The number of amides is 3. The Kier molecular flexibility index (Phi) is 9.70. The second-order valence-electron chi connectivity index (χ2n) is 10.5. The molecule has 4 aromatic rings. The Morgan fingerprint density at radius 1 is 0.955 bits per heavy atom. The van der Waals surface area contributed by atoms with Crippen molar-refractivity contribution in [1.82, 2.24) is 10.3 Å². The number of nitrogens with zero attached hydrogens (tertiary/aromatic N) is 1. The van der Waals surface area contributed by atoms with Gasteiger partial charge in [-0.2, -0.15) is 13.2 Å². The van der Waals surface area contributed by atoms with Crippen LogP contribution in [-0.4, -0.2) is 41.1 Å². The lowest BCUT2D eigenvalue weighted by Gasteiger charge is -2.24. The van der Waals surface area contributed by atoms with Gasteiger partial charge in [-0.15, -0.1) is 11.3 Å². The quantitative estimate of drug-likeness (QED) is 0.177. The number of nitrogens with one attached hydrogen (secondary N) is 2. The molecule has 0 saturated carbocycles. The maximum atomic E-state index is 13.4. The van der Waals surface area contributed by atoms with Crippen molar-refractivity contribution in [2.45, 2.75) is 32.0 Å². The number of aliphatic hydroxyl groups excluding tert-OH is 1. The molecule has 3 amide bonds. The molecule has 0 unspecified atom stereocenters. The number of benzene rings is 3. The third kappa shape index (κ3) is 8.20. The summed E-state index contributed by atoms with van der Waals surface area (Å²) in [6.07, 6.45) is -5.46. The summed E-state index contributed by atoms with van der Waals surface area (Å²) in [5, 5.41) is 16.6. The van der Waals surface area contributed by atoms with E-state index in [2.05, 4.69) is 15.6 Å². The van der Waals surface area contributed by atoms with E-state index in [4.69, 9.17) is 10.5 Å². The number of halogens is 3. The van der Waals surface area contributed by atoms with Crippen LogP contribution in [-0.2, 0) is 27.7 Å². The van der Waals surface area contributed by atoms with Gasteiger partial charge in [0.2, 0.25) is 5.91 Å². The third-order valence-electron chi connectivity index (χ3n) is 6.64. The number of carbonyl (C=O) groups excluding carboxylic acids is 3. The highest BCUT2D eigenvalue weighted by Crippen LogP contribution is 2.35. The minimum absolute atomic E-state index is 0.0196. The summed E-state index contributed by atoms with van der Waals surface area (Å²) in [4.78, 5) is 40.7. The van der Waals surface area contributed by atoms with Crippen molar-refractivity contribution < 1.29 is 37.4 Å². The van der Waals surface area contributed by atoms with Crippen molar-refractivity contribution in [3.05, 3.63) is 94.4 Å². The van der Waals surface area contributed by atoms with E-state index in [0.717, 1.165) is 29.0 Å². The molecule has 3 aromatic carbocycles. The molecule has 5 N–H and O–H groups in total. The molecular weight excluding hydrogens is 597 g/mol. The number of anilines is 1. The molecule has 0 atom stereocenters. The smallest absolute Gasteiger partial charge is 0.416 e. The maximum Gasteiger partial charge on any atom is 0.416 e. The summed E-state index contributed by atoms with van der Waals surface area (Å²) >= 11 is 1.15. The number of carbonyl (C=O) groups is 3. The van der Waals surface area contributed by atoms with Crippen LogP contribution in [0.25, 0.3) is 22.4 Å². The first-order chi connectivity index (χ1) is 20.7. The van der Waals surface area contributed by atoms with Gasteiger partial charge in [0.15, 0.2) is 5.13 Å². The Labute approximate surface area is 254 Å². The molecular formula is C31H29F3N4O5S. The SMILES string of the molecule is CC(C)(COC(N)=O)c1cccc(C(=O)NCC(=O)Nc2nc(-c3cccc(-c4cc(CO)cc(C(F)(F)F)c4)c3)cs2)c1. The number of ether oxygens (including phenoxy) is 1. The van der Waals surface area contributed by atoms with Crippen molar-refractivity contribution in [2.75, 3.05) is 18.5 Å². The van der Waals surface area contributed by atoms with Crippen LogP contribution in [0.2, 0.25) is 0 Å². The predicted octanol–water partition coefficient (Wildman–Crippen LogP) is 5.73. The highest BCUT2D eigenvalue weighted by atomic mass is 32.1. The average molecular weight is 627 g/mol. The van der Waals surface area contributed by atoms with Gasteiger partial charge in [-0.05, 0) is 58.7 Å². The van der Waals surface area contributed by atoms with Crippen LogP contribution in [0.1, 0.15) is 40.9 Å². The fraction of sp³-hybridized carbons (Fsp3) is 0.226. The van der Waals surface area contributed by atoms with Crippen molar-refractivity contribution in [2.24, 2.45) is 5.73 Å². The van der Waals surface area contributed by atoms with Crippen LogP contribution in [0, 0.1) is 0 Å². The van der Waals surface area contributed by atoms with Crippen LogP contribution in [0.3, 0.4) is 0 Å². The molecule has 0 radical (unpaired) electrons. The van der Waals surface area contributed by atoms with E-state index in [9.17, 15) is 32.7 Å². The van der Waals surface area contributed by atoms with Crippen molar-refractivity contribution in [3.8, 4) is 22.4 Å². The molecule has 13 heteroatoms. The van der Waals surface area contributed by atoms with Gasteiger partial charge < -0.3 is 26.2 Å². The van der Waals surface area contributed by atoms with E-state index in [1.54, 1.807) is 53.9 Å². The lowest BCUT2D eigenvalue weighted by atomic mass is 9.84.